The van der Waals surface area contributed by atoms with Crippen LogP contribution >= 0.6 is 0 Å². The van der Waals surface area contributed by atoms with E-state index in [9.17, 15) is 4.79 Å². The van der Waals surface area contributed by atoms with Gasteiger partial charge in [-0.3, -0.25) is 4.79 Å². The number of benzene rings is 1. The third kappa shape index (κ3) is 2.99. The molecule has 0 fully saturated rings. The molecule has 1 heterocycles. The Hall–Kier alpha value is -2.10. The van der Waals surface area contributed by atoms with Gasteiger partial charge in [0.2, 0.25) is 0 Å². The van der Waals surface area contributed by atoms with Crippen LogP contribution < -0.4 is 4.74 Å². The van der Waals surface area contributed by atoms with Gasteiger partial charge in [0.15, 0.2) is 5.78 Å². The van der Waals surface area contributed by atoms with Crippen molar-refractivity contribution >= 4 is 5.78 Å². The van der Waals surface area contributed by atoms with E-state index in [4.69, 9.17) is 9.26 Å². The second-order valence-electron chi connectivity index (χ2n) is 5.30. The minimum absolute atomic E-state index is 0.226. The molecule has 1 aliphatic rings. The second kappa shape index (κ2) is 6.12. The lowest BCUT2D eigenvalue weighted by Crippen LogP contribution is -2.01. The van der Waals surface area contributed by atoms with Gasteiger partial charge >= 0.3 is 0 Å². The van der Waals surface area contributed by atoms with Crippen molar-refractivity contribution in [1.82, 2.24) is 5.16 Å². The minimum atomic E-state index is 0.226. The van der Waals surface area contributed by atoms with E-state index in [2.05, 4.69) is 12.1 Å². The molecule has 110 valence electrons. The van der Waals surface area contributed by atoms with Gasteiger partial charge in [0, 0.05) is 30.0 Å². The van der Waals surface area contributed by atoms with Crippen molar-refractivity contribution < 1.29 is 14.1 Å². The number of carbonyl (C=O) groups excluding carboxylic acids is 1. The van der Waals surface area contributed by atoms with Gasteiger partial charge in [0.25, 0.3) is 0 Å². The van der Waals surface area contributed by atoms with Crippen LogP contribution in [0.1, 0.15) is 47.1 Å². The van der Waals surface area contributed by atoms with Crippen LogP contribution in [0.2, 0.25) is 0 Å². The van der Waals surface area contributed by atoms with Crippen LogP contribution in [0.4, 0.5) is 0 Å². The maximum absolute atomic E-state index is 11.7. The van der Waals surface area contributed by atoms with Gasteiger partial charge in [-0.05, 0) is 25.3 Å². The molecule has 0 spiro atoms. The number of rotatable bonds is 6. The van der Waals surface area contributed by atoms with Gasteiger partial charge in [-0.15, -0.1) is 0 Å². The summed E-state index contributed by atoms with van der Waals surface area (Å²) >= 11 is 0. The maximum atomic E-state index is 11.7. The highest BCUT2D eigenvalue weighted by atomic mass is 16.5. The summed E-state index contributed by atoms with van der Waals surface area (Å²) in [6.07, 6.45) is 3.99. The molecule has 0 atom stereocenters. The Morgan fingerprint density at radius 2 is 2.24 bits per heavy atom. The molecule has 0 amide bonds. The number of ether oxygens (including phenoxy) is 1. The highest BCUT2D eigenvalue weighted by molar-refractivity contribution is 6.01. The molecule has 0 unspecified atom stereocenters. The zero-order valence-corrected chi connectivity index (χ0v) is 12.2. The van der Waals surface area contributed by atoms with E-state index in [1.165, 1.54) is 0 Å². The lowest BCUT2D eigenvalue weighted by Gasteiger charge is -2.09. The number of hydrogen-bond acceptors (Lipinski definition) is 4. The lowest BCUT2D eigenvalue weighted by atomic mass is 10.1. The van der Waals surface area contributed by atoms with Gasteiger partial charge in [-0.2, -0.15) is 0 Å². The van der Waals surface area contributed by atoms with Gasteiger partial charge < -0.3 is 9.26 Å². The Morgan fingerprint density at radius 1 is 1.33 bits per heavy atom. The smallest absolute Gasteiger partial charge is 0.163 e. The highest BCUT2D eigenvalue weighted by Gasteiger charge is 2.22. The van der Waals surface area contributed by atoms with Crippen LogP contribution in [0.25, 0.3) is 0 Å². The van der Waals surface area contributed by atoms with Crippen molar-refractivity contribution in [2.45, 2.75) is 39.0 Å². The summed E-state index contributed by atoms with van der Waals surface area (Å²) in [7, 11) is 0. The normalized spacial score (nSPS) is 13.5. The fourth-order valence-electron chi connectivity index (χ4n) is 2.66. The third-order valence-corrected chi connectivity index (χ3v) is 3.83. The molecule has 0 radical (unpaired) electrons. The molecule has 21 heavy (non-hydrogen) atoms. The first-order valence-electron chi connectivity index (χ1n) is 7.50. The number of carbonyl (C=O) groups is 1. The predicted octanol–water partition coefficient (Wildman–Crippen LogP) is 3.38. The van der Waals surface area contributed by atoms with Crippen molar-refractivity contribution in [3.8, 4) is 5.75 Å². The Balaban J connectivity index is 1.53. The molecule has 1 aromatic carbocycles. The topological polar surface area (TPSA) is 52.3 Å². The van der Waals surface area contributed by atoms with Crippen LogP contribution in [0.15, 0.2) is 28.8 Å². The molecular weight excluding hydrogens is 266 g/mol. The Kier molecular flexibility index (Phi) is 4.04. The molecule has 0 aliphatic heterocycles. The number of hydrogen-bond donors (Lipinski definition) is 0. The van der Waals surface area contributed by atoms with Gasteiger partial charge in [-0.1, -0.05) is 24.2 Å². The summed E-state index contributed by atoms with van der Waals surface area (Å²) < 4.78 is 11.1. The second-order valence-corrected chi connectivity index (χ2v) is 5.30. The van der Waals surface area contributed by atoms with Crippen molar-refractivity contribution in [2.75, 3.05) is 6.61 Å². The molecule has 0 saturated heterocycles. The summed E-state index contributed by atoms with van der Waals surface area (Å²) in [5, 5.41) is 3.97. The van der Waals surface area contributed by atoms with Crippen LogP contribution in [-0.2, 0) is 19.3 Å². The Labute approximate surface area is 124 Å². The molecule has 0 N–H and O–H groups in total. The first-order valence-corrected chi connectivity index (χ1v) is 7.50. The quantitative estimate of drug-likeness (QED) is 0.763. The monoisotopic (exact) mass is 285 g/mol. The molecule has 4 heteroatoms. The zero-order chi connectivity index (χ0) is 14.7. The number of fused-ring (bicyclic) bond motifs is 1. The van der Waals surface area contributed by atoms with Crippen molar-refractivity contribution in [1.29, 1.82) is 0 Å². The van der Waals surface area contributed by atoms with Crippen molar-refractivity contribution in [3.05, 3.63) is 46.8 Å². The first-order chi connectivity index (χ1) is 10.3. The molecular formula is C17H19NO3. The zero-order valence-electron chi connectivity index (χ0n) is 12.2. The lowest BCUT2D eigenvalue weighted by molar-refractivity contribution is 0.0994. The minimum Gasteiger partial charge on any atom is -0.493 e. The van der Waals surface area contributed by atoms with Crippen LogP contribution in [0.3, 0.4) is 0 Å². The molecule has 1 aromatic heterocycles. The van der Waals surface area contributed by atoms with Crippen LogP contribution in [-0.4, -0.2) is 17.5 Å². The standard InChI is InChI=1S/C17H19NO3/c1-2-12-11-13(21-18-12)5-4-10-20-17-7-3-6-14-15(17)8-9-16(14)19/h3,6-7,11H,2,4-5,8-10H2,1H3. The molecule has 0 saturated carbocycles. The molecule has 1 aliphatic carbocycles. The highest BCUT2D eigenvalue weighted by Crippen LogP contribution is 2.30. The summed E-state index contributed by atoms with van der Waals surface area (Å²) in [6.45, 7) is 2.68. The molecule has 2 aromatic rings. The largest absolute Gasteiger partial charge is 0.493 e. The number of aryl methyl sites for hydroxylation is 2. The number of aromatic nitrogens is 1. The van der Waals surface area contributed by atoms with E-state index in [-0.39, 0.29) is 5.78 Å². The van der Waals surface area contributed by atoms with Crippen molar-refractivity contribution in [3.63, 3.8) is 0 Å². The molecule has 0 bridgehead atoms. The van der Waals surface area contributed by atoms with E-state index in [1.54, 1.807) is 0 Å². The Bertz CT molecular complexity index is 645. The van der Waals surface area contributed by atoms with Gasteiger partial charge in [0.05, 0.1) is 12.3 Å². The third-order valence-electron chi connectivity index (χ3n) is 3.83. The number of ketones is 1. The average Bonchev–Trinajstić information content (AvgIpc) is 3.11. The summed E-state index contributed by atoms with van der Waals surface area (Å²) in [5.74, 6) is 1.98. The van der Waals surface area contributed by atoms with Crippen molar-refractivity contribution in [2.24, 2.45) is 0 Å². The van der Waals surface area contributed by atoms with Gasteiger partial charge in [0.1, 0.15) is 11.5 Å². The van der Waals surface area contributed by atoms with E-state index in [0.29, 0.717) is 13.0 Å². The molecule has 4 nitrogen and oxygen atoms in total. The SMILES string of the molecule is CCc1cc(CCCOc2cccc3c2CCC3=O)on1. The molecule has 3 rings (SSSR count). The summed E-state index contributed by atoms with van der Waals surface area (Å²) in [6, 6.07) is 7.72. The predicted molar refractivity (Wildman–Crippen MR) is 78.8 cm³/mol. The first kappa shape index (κ1) is 13.9. The maximum Gasteiger partial charge on any atom is 0.163 e. The van der Waals surface area contributed by atoms with E-state index < -0.39 is 0 Å². The number of Topliss-reactive ketones (excluding diaryl/α,β-unsaturated/α-hetero) is 1. The Morgan fingerprint density at radius 3 is 3.05 bits per heavy atom. The number of nitrogens with zero attached hydrogens (tertiary/aromatic N) is 1. The van der Waals surface area contributed by atoms with E-state index in [0.717, 1.165) is 54.0 Å². The van der Waals surface area contributed by atoms with Crippen LogP contribution in [0.5, 0.6) is 5.75 Å². The summed E-state index contributed by atoms with van der Waals surface area (Å²) in [5.41, 5.74) is 2.89. The van der Waals surface area contributed by atoms with E-state index in [1.807, 2.05) is 24.3 Å². The average molecular weight is 285 g/mol. The van der Waals surface area contributed by atoms with Gasteiger partial charge in [-0.25, -0.2) is 0 Å². The van der Waals surface area contributed by atoms with E-state index >= 15 is 0 Å². The van der Waals surface area contributed by atoms with Crippen LogP contribution in [0, 0.1) is 0 Å². The summed E-state index contributed by atoms with van der Waals surface area (Å²) in [4.78, 5) is 11.7. The fourth-order valence-corrected chi connectivity index (χ4v) is 2.66. The fraction of sp³-hybridized carbons (Fsp3) is 0.412.